The van der Waals surface area contributed by atoms with Gasteiger partial charge < -0.3 is 14.6 Å². The first-order chi connectivity index (χ1) is 10.2. The number of likely N-dealkylation sites (tertiary alicyclic amines) is 1. The highest BCUT2D eigenvalue weighted by atomic mass is 16.3. The number of amides is 1. The number of oxazole rings is 1. The Morgan fingerprint density at radius 1 is 1.48 bits per heavy atom. The Kier molecular flexibility index (Phi) is 3.60. The van der Waals surface area contributed by atoms with E-state index < -0.39 is 0 Å². The number of aromatic nitrogens is 2. The second kappa shape index (κ2) is 5.55. The van der Waals surface area contributed by atoms with Crippen molar-refractivity contribution in [3.63, 3.8) is 0 Å². The maximum Gasteiger partial charge on any atom is 0.291 e. The number of aryl methyl sites for hydroxylation is 1. The van der Waals surface area contributed by atoms with Crippen molar-refractivity contribution in [1.29, 1.82) is 0 Å². The predicted octanol–water partition coefficient (Wildman–Crippen LogP) is 2.05. The lowest BCUT2D eigenvalue weighted by molar-refractivity contribution is 0.0759. The summed E-state index contributed by atoms with van der Waals surface area (Å²) in [6.45, 7) is 3.37. The molecule has 1 atom stereocenters. The van der Waals surface area contributed by atoms with Crippen molar-refractivity contribution >= 4 is 11.6 Å². The monoisotopic (exact) mass is 286 g/mol. The van der Waals surface area contributed by atoms with E-state index in [2.05, 4.69) is 21.4 Å². The molecule has 2 aromatic heterocycles. The van der Waals surface area contributed by atoms with E-state index in [1.165, 1.54) is 12.6 Å². The summed E-state index contributed by atoms with van der Waals surface area (Å²) in [5, 5.41) is 3.14. The van der Waals surface area contributed by atoms with Crippen LogP contribution in [0.2, 0.25) is 0 Å². The molecule has 3 heterocycles. The Balaban J connectivity index is 1.75. The fourth-order valence-corrected chi connectivity index (χ4v) is 2.71. The molecule has 1 unspecified atom stereocenters. The average molecular weight is 286 g/mol. The number of hydrogen-bond acceptors (Lipinski definition) is 5. The summed E-state index contributed by atoms with van der Waals surface area (Å²) in [6, 6.07) is 4.07. The minimum absolute atomic E-state index is 0.100. The number of pyridine rings is 1. The van der Waals surface area contributed by atoms with Crippen molar-refractivity contribution in [2.75, 3.05) is 25.5 Å². The van der Waals surface area contributed by atoms with Gasteiger partial charge in [0.15, 0.2) is 6.39 Å². The first-order valence-corrected chi connectivity index (χ1v) is 7.01. The van der Waals surface area contributed by atoms with E-state index in [0.717, 1.165) is 23.5 Å². The lowest BCUT2D eigenvalue weighted by Gasteiger charge is -2.15. The smallest absolute Gasteiger partial charge is 0.291 e. The quantitative estimate of drug-likeness (QED) is 0.935. The molecular formula is C15H18N4O2. The molecule has 0 bridgehead atoms. The summed E-state index contributed by atoms with van der Waals surface area (Å²) in [5.74, 6) is 0.462. The van der Waals surface area contributed by atoms with Crippen LogP contribution >= 0.6 is 0 Å². The van der Waals surface area contributed by atoms with Gasteiger partial charge >= 0.3 is 0 Å². The van der Waals surface area contributed by atoms with Crippen LogP contribution in [0.25, 0.3) is 0 Å². The molecule has 0 spiro atoms. The summed E-state index contributed by atoms with van der Waals surface area (Å²) in [4.78, 5) is 22.4. The topological polar surface area (TPSA) is 71.3 Å². The number of nitrogens with zero attached hydrogens (tertiary/aromatic N) is 3. The number of carbonyl (C=O) groups is 1. The van der Waals surface area contributed by atoms with E-state index >= 15 is 0 Å². The van der Waals surface area contributed by atoms with Gasteiger partial charge in [-0.25, -0.2) is 4.98 Å². The van der Waals surface area contributed by atoms with Crippen molar-refractivity contribution < 1.29 is 9.21 Å². The summed E-state index contributed by atoms with van der Waals surface area (Å²) in [7, 11) is 1.90. The number of hydrogen-bond donors (Lipinski definition) is 1. The Bertz CT molecular complexity index is 639. The van der Waals surface area contributed by atoms with Crippen molar-refractivity contribution in [1.82, 2.24) is 14.9 Å². The zero-order chi connectivity index (χ0) is 14.8. The van der Waals surface area contributed by atoms with E-state index in [9.17, 15) is 4.79 Å². The van der Waals surface area contributed by atoms with Crippen LogP contribution < -0.4 is 5.32 Å². The van der Waals surface area contributed by atoms with Crippen LogP contribution in [-0.4, -0.2) is 40.9 Å². The first-order valence-electron chi connectivity index (χ1n) is 7.01. The zero-order valence-corrected chi connectivity index (χ0v) is 12.2. The molecule has 1 aliphatic rings. The number of rotatable bonds is 3. The molecule has 1 fully saturated rings. The molecule has 6 nitrogen and oxygen atoms in total. The van der Waals surface area contributed by atoms with Gasteiger partial charge in [-0.05, 0) is 25.5 Å². The minimum Gasteiger partial charge on any atom is -0.438 e. The van der Waals surface area contributed by atoms with Gasteiger partial charge in [0.25, 0.3) is 5.91 Å². The number of carbonyl (C=O) groups excluding carboxylic acids is 1. The van der Waals surface area contributed by atoms with E-state index in [1.807, 2.05) is 20.0 Å². The largest absolute Gasteiger partial charge is 0.438 e. The van der Waals surface area contributed by atoms with Crippen molar-refractivity contribution in [3.8, 4) is 0 Å². The highest BCUT2D eigenvalue weighted by Gasteiger charge is 2.30. The van der Waals surface area contributed by atoms with Gasteiger partial charge in [0, 0.05) is 43.1 Å². The van der Waals surface area contributed by atoms with E-state index in [1.54, 1.807) is 4.90 Å². The first kappa shape index (κ1) is 13.6. The summed E-state index contributed by atoms with van der Waals surface area (Å²) in [6.07, 6.45) is 3.65. The lowest BCUT2D eigenvalue weighted by atomic mass is 10.0. The van der Waals surface area contributed by atoms with Crippen LogP contribution in [0.5, 0.6) is 0 Å². The predicted molar refractivity (Wildman–Crippen MR) is 78.3 cm³/mol. The fraction of sp³-hybridized carbons (Fsp3) is 0.400. The second-order valence-corrected chi connectivity index (χ2v) is 5.27. The van der Waals surface area contributed by atoms with Gasteiger partial charge in [-0.1, -0.05) is 0 Å². The third-order valence-corrected chi connectivity index (χ3v) is 3.80. The maximum atomic E-state index is 12.2. The van der Waals surface area contributed by atoms with Gasteiger partial charge in [-0.3, -0.25) is 9.78 Å². The summed E-state index contributed by atoms with van der Waals surface area (Å²) in [5.41, 5.74) is 3.07. The van der Waals surface area contributed by atoms with Crippen LogP contribution in [0.1, 0.15) is 34.3 Å². The van der Waals surface area contributed by atoms with Gasteiger partial charge in [0.2, 0.25) is 5.76 Å². The van der Waals surface area contributed by atoms with Gasteiger partial charge in [-0.15, -0.1) is 0 Å². The molecule has 6 heteroatoms. The molecule has 1 aliphatic heterocycles. The third kappa shape index (κ3) is 2.74. The van der Waals surface area contributed by atoms with Crippen LogP contribution in [0.15, 0.2) is 29.1 Å². The zero-order valence-electron chi connectivity index (χ0n) is 12.2. The fourth-order valence-electron chi connectivity index (χ4n) is 2.71. The molecule has 1 N–H and O–H groups in total. The normalized spacial score (nSPS) is 18.0. The molecule has 0 aromatic carbocycles. The molecule has 3 rings (SSSR count). The number of nitrogens with one attached hydrogen (secondary N) is 1. The SMILES string of the molecule is CNc1cc(C)nc(C2CCN(C(=O)c3cnco3)C2)c1. The van der Waals surface area contributed by atoms with Gasteiger partial charge in [-0.2, -0.15) is 0 Å². The molecule has 0 aliphatic carbocycles. The van der Waals surface area contributed by atoms with E-state index in [-0.39, 0.29) is 11.8 Å². The highest BCUT2D eigenvalue weighted by Crippen LogP contribution is 2.28. The Morgan fingerprint density at radius 2 is 2.33 bits per heavy atom. The molecule has 1 saturated heterocycles. The molecule has 0 saturated carbocycles. The molecular weight excluding hydrogens is 268 g/mol. The highest BCUT2D eigenvalue weighted by molar-refractivity contribution is 5.91. The summed E-state index contributed by atoms with van der Waals surface area (Å²) >= 11 is 0. The third-order valence-electron chi connectivity index (χ3n) is 3.80. The Hall–Kier alpha value is -2.37. The Labute approximate surface area is 123 Å². The van der Waals surface area contributed by atoms with Crippen LogP contribution in [0.3, 0.4) is 0 Å². The molecule has 21 heavy (non-hydrogen) atoms. The lowest BCUT2D eigenvalue weighted by Crippen LogP contribution is -2.28. The molecule has 0 radical (unpaired) electrons. The van der Waals surface area contributed by atoms with Crippen LogP contribution in [0, 0.1) is 6.92 Å². The van der Waals surface area contributed by atoms with Crippen LogP contribution in [0.4, 0.5) is 5.69 Å². The summed E-state index contributed by atoms with van der Waals surface area (Å²) < 4.78 is 5.08. The molecule has 2 aromatic rings. The maximum absolute atomic E-state index is 12.2. The van der Waals surface area contributed by atoms with Crippen molar-refractivity contribution in [2.24, 2.45) is 0 Å². The number of anilines is 1. The van der Waals surface area contributed by atoms with Gasteiger partial charge in [0.1, 0.15) is 0 Å². The van der Waals surface area contributed by atoms with Crippen molar-refractivity contribution in [3.05, 3.63) is 41.9 Å². The second-order valence-electron chi connectivity index (χ2n) is 5.27. The van der Waals surface area contributed by atoms with Crippen molar-refractivity contribution in [2.45, 2.75) is 19.3 Å². The molecule has 110 valence electrons. The van der Waals surface area contributed by atoms with E-state index in [0.29, 0.717) is 18.8 Å². The standard InChI is InChI=1S/C15H18N4O2/c1-10-5-12(16-2)6-13(18-10)11-3-4-19(8-11)15(20)14-7-17-9-21-14/h5-7,9,11H,3-4,8H2,1-2H3,(H,16,18). The average Bonchev–Trinajstić information content (AvgIpc) is 3.17. The minimum atomic E-state index is -0.100. The van der Waals surface area contributed by atoms with E-state index in [4.69, 9.17) is 4.42 Å². The van der Waals surface area contributed by atoms with Crippen LogP contribution in [-0.2, 0) is 0 Å². The Morgan fingerprint density at radius 3 is 3.05 bits per heavy atom. The van der Waals surface area contributed by atoms with Gasteiger partial charge in [0.05, 0.1) is 6.20 Å². The molecule has 1 amide bonds.